The average molecular weight is 304 g/mol. The van der Waals surface area contributed by atoms with Crippen LogP contribution in [0.4, 0.5) is 5.69 Å². The third kappa shape index (κ3) is 1.31. The third-order valence-corrected chi connectivity index (χ3v) is 2.35. The Morgan fingerprint density at radius 3 is 2.86 bits per heavy atom. The number of aromatic nitrogens is 1. The Bertz CT molecular complexity index is 494. The van der Waals surface area contributed by atoms with Gasteiger partial charge in [0.2, 0.25) is 23.0 Å². The highest BCUT2D eigenvalue weighted by molar-refractivity contribution is 14.1. The lowest BCUT2D eigenvalue weighted by molar-refractivity contribution is -0.383. The molecule has 0 fully saturated rings. The monoisotopic (exact) mass is 304 g/mol. The minimum absolute atomic E-state index is 0.0455. The molecule has 2 aromatic rings. The largest absolute Gasteiger partial charge is 0.345 e. The van der Waals surface area contributed by atoms with E-state index in [9.17, 15) is 10.1 Å². The first kappa shape index (κ1) is 9.25. The van der Waals surface area contributed by atoms with Gasteiger partial charge in [-0.15, -0.1) is 0 Å². The summed E-state index contributed by atoms with van der Waals surface area (Å²) < 4.78 is 6.31. The molecular formula is C8H5IN2O3. The van der Waals surface area contributed by atoms with E-state index in [2.05, 4.69) is 0 Å². The molecule has 0 saturated heterocycles. The van der Waals surface area contributed by atoms with Gasteiger partial charge < -0.3 is 3.17 Å². The number of nitro benzene ring substituents is 1. The molecule has 0 saturated carbocycles. The molecule has 2 rings (SSSR count). The third-order valence-electron chi connectivity index (χ3n) is 1.93. The summed E-state index contributed by atoms with van der Waals surface area (Å²) in [6, 6.07) is 6.67. The lowest BCUT2D eigenvalue weighted by atomic mass is 10.2. The SMILES string of the molecule is O=[N+]([O-])c1cccc2ccn(OI)c12. The molecule has 6 heteroatoms. The molecule has 5 nitrogen and oxygen atoms in total. The standard InChI is InChI=1S/C8H5IN2O3/c9-14-10-5-4-6-2-1-3-7(8(6)10)11(12)13/h1-5H. The summed E-state index contributed by atoms with van der Waals surface area (Å²) >= 11 is 1.68. The molecule has 1 heterocycles. The number of nitro groups is 1. The predicted octanol–water partition coefficient (Wildman–Crippen LogP) is 2.33. The number of hydrogen-bond donors (Lipinski definition) is 0. The van der Waals surface area contributed by atoms with Crippen LogP contribution in [0, 0.1) is 10.1 Å². The number of halogens is 1. The van der Waals surface area contributed by atoms with E-state index in [-0.39, 0.29) is 5.69 Å². The number of non-ortho nitro benzene ring substituents is 1. The average Bonchev–Trinajstić information content (AvgIpc) is 2.59. The molecule has 0 bridgehead atoms. The molecule has 0 amide bonds. The van der Waals surface area contributed by atoms with Crippen molar-refractivity contribution in [1.82, 2.24) is 4.73 Å². The van der Waals surface area contributed by atoms with E-state index in [1.54, 1.807) is 47.4 Å². The highest BCUT2D eigenvalue weighted by Gasteiger charge is 2.15. The van der Waals surface area contributed by atoms with E-state index in [1.807, 2.05) is 0 Å². The van der Waals surface area contributed by atoms with Crippen LogP contribution in [0.3, 0.4) is 0 Å². The first-order valence-electron chi connectivity index (χ1n) is 3.77. The maximum atomic E-state index is 10.7. The normalized spacial score (nSPS) is 10.4. The number of rotatable bonds is 2. The van der Waals surface area contributed by atoms with Crippen molar-refractivity contribution in [2.45, 2.75) is 0 Å². The Labute approximate surface area is 93.1 Å². The summed E-state index contributed by atoms with van der Waals surface area (Å²) in [5.41, 5.74) is 0.524. The van der Waals surface area contributed by atoms with Crippen LogP contribution in [0.5, 0.6) is 0 Å². The smallest absolute Gasteiger partial charge is 0.296 e. The Balaban J connectivity index is 2.81. The zero-order valence-electron chi connectivity index (χ0n) is 6.88. The molecule has 0 aliphatic rings. The summed E-state index contributed by atoms with van der Waals surface area (Å²) in [7, 11) is 0. The van der Waals surface area contributed by atoms with Crippen molar-refractivity contribution in [3.05, 3.63) is 40.6 Å². The highest BCUT2D eigenvalue weighted by atomic mass is 127. The van der Waals surface area contributed by atoms with Gasteiger partial charge in [0.1, 0.15) is 0 Å². The van der Waals surface area contributed by atoms with E-state index >= 15 is 0 Å². The van der Waals surface area contributed by atoms with Gasteiger partial charge in [-0.25, -0.2) is 0 Å². The molecule has 0 spiro atoms. The van der Waals surface area contributed by atoms with E-state index in [0.717, 1.165) is 5.39 Å². The van der Waals surface area contributed by atoms with Crippen LogP contribution in [0.25, 0.3) is 10.9 Å². The molecule has 0 atom stereocenters. The van der Waals surface area contributed by atoms with Crippen LogP contribution in [0.1, 0.15) is 0 Å². The van der Waals surface area contributed by atoms with Gasteiger partial charge in [-0.05, 0) is 6.07 Å². The summed E-state index contributed by atoms with van der Waals surface area (Å²) in [5, 5.41) is 11.5. The van der Waals surface area contributed by atoms with E-state index in [1.165, 1.54) is 10.8 Å². The van der Waals surface area contributed by atoms with Gasteiger partial charge in [0.15, 0.2) is 5.52 Å². The highest BCUT2D eigenvalue weighted by Crippen LogP contribution is 2.25. The Hall–Kier alpha value is -1.31. The summed E-state index contributed by atoms with van der Waals surface area (Å²) in [5.74, 6) is 0. The van der Waals surface area contributed by atoms with Crippen molar-refractivity contribution in [3.8, 4) is 0 Å². The van der Waals surface area contributed by atoms with Crippen LogP contribution in [0.15, 0.2) is 30.5 Å². The second-order valence-corrected chi connectivity index (χ2v) is 3.08. The van der Waals surface area contributed by atoms with Crippen molar-refractivity contribution < 1.29 is 8.09 Å². The van der Waals surface area contributed by atoms with Gasteiger partial charge in [-0.3, -0.25) is 10.1 Å². The lowest BCUT2D eigenvalue weighted by Crippen LogP contribution is -1.99. The fraction of sp³-hybridized carbons (Fsp3) is 0. The van der Waals surface area contributed by atoms with Crippen molar-refractivity contribution in [2.24, 2.45) is 0 Å². The van der Waals surface area contributed by atoms with Gasteiger partial charge in [0.25, 0.3) is 5.69 Å². The molecule has 0 unspecified atom stereocenters. The first-order chi connectivity index (χ1) is 6.74. The van der Waals surface area contributed by atoms with E-state index in [0.29, 0.717) is 5.52 Å². The molecule has 0 radical (unpaired) electrons. The molecule has 1 aromatic heterocycles. The van der Waals surface area contributed by atoms with Crippen LogP contribution >= 0.6 is 23.0 Å². The number of nitrogens with zero attached hydrogens (tertiary/aromatic N) is 2. The van der Waals surface area contributed by atoms with Crippen LogP contribution in [-0.2, 0) is 0 Å². The van der Waals surface area contributed by atoms with Gasteiger partial charge >= 0.3 is 0 Å². The van der Waals surface area contributed by atoms with Crippen molar-refractivity contribution in [3.63, 3.8) is 0 Å². The molecule has 1 aromatic carbocycles. The maximum absolute atomic E-state index is 10.7. The molecule has 72 valence electrons. The topological polar surface area (TPSA) is 57.3 Å². The van der Waals surface area contributed by atoms with E-state index in [4.69, 9.17) is 3.17 Å². The lowest BCUT2D eigenvalue weighted by Gasteiger charge is -1.99. The van der Waals surface area contributed by atoms with Crippen LogP contribution in [-0.4, -0.2) is 9.65 Å². The zero-order chi connectivity index (χ0) is 10.1. The van der Waals surface area contributed by atoms with Crippen molar-refractivity contribution in [1.29, 1.82) is 0 Å². The molecule has 0 aliphatic heterocycles. The Kier molecular flexibility index (Phi) is 2.28. The second kappa shape index (κ2) is 3.45. The maximum Gasteiger partial charge on any atom is 0.296 e. The first-order valence-corrected chi connectivity index (χ1v) is 4.65. The Morgan fingerprint density at radius 2 is 2.21 bits per heavy atom. The van der Waals surface area contributed by atoms with Gasteiger partial charge in [0.05, 0.1) is 4.92 Å². The number of hydrogen-bond acceptors (Lipinski definition) is 3. The zero-order valence-corrected chi connectivity index (χ0v) is 9.04. The molecule has 0 aliphatic carbocycles. The Morgan fingerprint density at radius 1 is 1.43 bits per heavy atom. The summed E-state index contributed by atoms with van der Waals surface area (Å²) in [6.07, 6.45) is 1.64. The summed E-state index contributed by atoms with van der Waals surface area (Å²) in [4.78, 5) is 10.3. The summed E-state index contributed by atoms with van der Waals surface area (Å²) in [6.45, 7) is 0. The van der Waals surface area contributed by atoms with Gasteiger partial charge in [-0.1, -0.05) is 12.1 Å². The molecular weight excluding hydrogens is 299 g/mol. The van der Waals surface area contributed by atoms with Crippen molar-refractivity contribution in [2.75, 3.05) is 0 Å². The predicted molar refractivity (Wildman–Crippen MR) is 59.2 cm³/mol. The van der Waals surface area contributed by atoms with Crippen LogP contribution in [0.2, 0.25) is 0 Å². The van der Waals surface area contributed by atoms with Crippen molar-refractivity contribution >= 4 is 39.6 Å². The van der Waals surface area contributed by atoms with Gasteiger partial charge in [-0.2, -0.15) is 4.73 Å². The minimum atomic E-state index is -0.422. The van der Waals surface area contributed by atoms with E-state index < -0.39 is 4.92 Å². The van der Waals surface area contributed by atoms with Gasteiger partial charge in [0, 0.05) is 17.6 Å². The second-order valence-electron chi connectivity index (χ2n) is 2.68. The fourth-order valence-electron chi connectivity index (χ4n) is 1.35. The molecule has 0 N–H and O–H groups in total. The fourth-order valence-corrected chi connectivity index (χ4v) is 1.68. The molecule has 14 heavy (non-hydrogen) atoms. The quantitative estimate of drug-likeness (QED) is 0.486. The number of fused-ring (bicyclic) bond motifs is 1. The van der Waals surface area contributed by atoms with Crippen LogP contribution < -0.4 is 3.17 Å². The number of para-hydroxylation sites is 1. The minimum Gasteiger partial charge on any atom is -0.345 e. The number of benzene rings is 1.